The Bertz CT molecular complexity index is 1230. The molecule has 172 valence electrons. The molecule has 8 nitrogen and oxygen atoms in total. The molecule has 0 radical (unpaired) electrons. The number of esters is 1. The van der Waals surface area contributed by atoms with Crippen LogP contribution in [0.3, 0.4) is 0 Å². The van der Waals surface area contributed by atoms with Crippen LogP contribution in [-0.2, 0) is 9.53 Å². The maximum atomic E-state index is 13.1. The van der Waals surface area contributed by atoms with Crippen LogP contribution in [0, 0.1) is 36.5 Å². The molecule has 0 unspecified atom stereocenters. The molecule has 0 aliphatic heterocycles. The number of hydrogen-bond acceptors (Lipinski definition) is 6. The van der Waals surface area contributed by atoms with E-state index in [9.17, 15) is 9.59 Å². The van der Waals surface area contributed by atoms with Crippen molar-refractivity contribution in [3.63, 3.8) is 0 Å². The Balaban J connectivity index is 1.87. The number of nitrogens with zero attached hydrogens (tertiary/aromatic N) is 5. The van der Waals surface area contributed by atoms with Gasteiger partial charge in [-0.05, 0) is 31.5 Å². The Hall–Kier alpha value is -4.43. The molecular formula is C26H25N5O3. The normalized spacial score (nSPS) is 10.2. The van der Waals surface area contributed by atoms with Crippen molar-refractivity contribution in [1.29, 1.82) is 10.5 Å². The van der Waals surface area contributed by atoms with Gasteiger partial charge in [-0.2, -0.15) is 15.6 Å². The Morgan fingerprint density at radius 1 is 1.03 bits per heavy atom. The standard InChI is InChI=1S/C26H25N5O3/c1-19-10-11-22(20(2)16-19)25-23(17-31(29-25)21-8-4-3-5-9-21)26(33)34-18-24(32)30(14-6-12-27)15-7-13-28/h3-5,8-11,16-17H,6-7,14-15,18H2,1-2H3. The van der Waals surface area contributed by atoms with E-state index in [2.05, 4.69) is 5.10 Å². The number of aryl methyl sites for hydroxylation is 2. The summed E-state index contributed by atoms with van der Waals surface area (Å²) in [5.41, 5.74) is 4.33. The largest absolute Gasteiger partial charge is 0.452 e. The maximum absolute atomic E-state index is 13.1. The van der Waals surface area contributed by atoms with Gasteiger partial charge in [-0.3, -0.25) is 4.79 Å². The predicted molar refractivity (Wildman–Crippen MR) is 126 cm³/mol. The minimum Gasteiger partial charge on any atom is -0.452 e. The van der Waals surface area contributed by atoms with E-state index in [1.807, 2.05) is 74.5 Å². The number of carbonyl (C=O) groups excluding carboxylic acids is 2. The SMILES string of the molecule is Cc1ccc(-c2nn(-c3ccccc3)cc2C(=O)OCC(=O)N(CCC#N)CCC#N)c(C)c1. The maximum Gasteiger partial charge on any atom is 0.342 e. The van der Waals surface area contributed by atoms with Crippen molar-refractivity contribution in [2.75, 3.05) is 19.7 Å². The summed E-state index contributed by atoms with van der Waals surface area (Å²) in [6.07, 6.45) is 1.86. The fourth-order valence-corrected chi connectivity index (χ4v) is 3.54. The van der Waals surface area contributed by atoms with E-state index < -0.39 is 18.5 Å². The molecule has 1 amide bonds. The van der Waals surface area contributed by atoms with Crippen LogP contribution in [0.4, 0.5) is 0 Å². The summed E-state index contributed by atoms with van der Waals surface area (Å²) in [5.74, 6) is -1.13. The van der Waals surface area contributed by atoms with Gasteiger partial charge in [0, 0.05) is 24.8 Å². The van der Waals surface area contributed by atoms with Crippen LogP contribution in [0.25, 0.3) is 16.9 Å². The second-order valence-corrected chi connectivity index (χ2v) is 7.76. The van der Waals surface area contributed by atoms with E-state index in [0.717, 1.165) is 22.4 Å². The average Bonchev–Trinajstić information content (AvgIpc) is 3.28. The summed E-state index contributed by atoms with van der Waals surface area (Å²) < 4.78 is 6.97. The second-order valence-electron chi connectivity index (χ2n) is 7.76. The van der Waals surface area contributed by atoms with Crippen molar-refractivity contribution < 1.29 is 14.3 Å². The molecule has 0 aliphatic rings. The van der Waals surface area contributed by atoms with Crippen molar-refractivity contribution in [2.45, 2.75) is 26.7 Å². The Labute approximate surface area is 198 Å². The first kappa shape index (κ1) is 24.2. The summed E-state index contributed by atoms with van der Waals surface area (Å²) in [6, 6.07) is 19.2. The molecule has 0 atom stereocenters. The number of benzene rings is 2. The summed E-state index contributed by atoms with van der Waals surface area (Å²) in [4.78, 5) is 27.0. The minimum atomic E-state index is -0.675. The topological polar surface area (TPSA) is 112 Å². The lowest BCUT2D eigenvalue weighted by molar-refractivity contribution is -0.134. The van der Waals surface area contributed by atoms with Crippen LogP contribution in [0.5, 0.6) is 0 Å². The average molecular weight is 456 g/mol. The lowest BCUT2D eigenvalue weighted by atomic mass is 10.0. The van der Waals surface area contributed by atoms with E-state index in [0.29, 0.717) is 5.69 Å². The van der Waals surface area contributed by atoms with Crippen LogP contribution in [0.1, 0.15) is 34.3 Å². The highest BCUT2D eigenvalue weighted by Gasteiger charge is 2.23. The van der Waals surface area contributed by atoms with Crippen molar-refractivity contribution in [3.05, 3.63) is 71.4 Å². The van der Waals surface area contributed by atoms with Gasteiger partial charge in [0.25, 0.3) is 5.91 Å². The summed E-state index contributed by atoms with van der Waals surface area (Å²) >= 11 is 0. The lowest BCUT2D eigenvalue weighted by Gasteiger charge is -2.20. The third kappa shape index (κ3) is 5.87. The van der Waals surface area contributed by atoms with E-state index >= 15 is 0 Å². The first-order valence-corrected chi connectivity index (χ1v) is 10.9. The molecule has 0 N–H and O–H groups in total. The first-order chi connectivity index (χ1) is 16.4. The molecule has 1 heterocycles. The quantitative estimate of drug-likeness (QED) is 0.451. The molecule has 0 fully saturated rings. The summed E-state index contributed by atoms with van der Waals surface area (Å²) in [7, 11) is 0. The highest BCUT2D eigenvalue weighted by molar-refractivity contribution is 5.97. The Morgan fingerprint density at radius 3 is 2.32 bits per heavy atom. The van der Waals surface area contributed by atoms with Crippen LogP contribution in [0.15, 0.2) is 54.7 Å². The van der Waals surface area contributed by atoms with Gasteiger partial charge in [0.05, 0.1) is 30.7 Å². The molecule has 3 rings (SSSR count). The van der Waals surface area contributed by atoms with Gasteiger partial charge in [0.15, 0.2) is 6.61 Å². The first-order valence-electron chi connectivity index (χ1n) is 10.9. The third-order valence-electron chi connectivity index (χ3n) is 5.26. The van der Waals surface area contributed by atoms with Gasteiger partial charge in [0.2, 0.25) is 0 Å². The molecule has 0 saturated heterocycles. The highest BCUT2D eigenvalue weighted by Crippen LogP contribution is 2.28. The fraction of sp³-hybridized carbons (Fsp3) is 0.269. The zero-order chi connectivity index (χ0) is 24.5. The third-order valence-corrected chi connectivity index (χ3v) is 5.26. The minimum absolute atomic E-state index is 0.131. The number of carbonyl (C=O) groups is 2. The fourth-order valence-electron chi connectivity index (χ4n) is 3.54. The van der Waals surface area contributed by atoms with E-state index in [1.54, 1.807) is 10.9 Å². The van der Waals surface area contributed by atoms with E-state index in [-0.39, 0.29) is 31.5 Å². The molecular weight excluding hydrogens is 430 g/mol. The number of aromatic nitrogens is 2. The van der Waals surface area contributed by atoms with Crippen LogP contribution in [0.2, 0.25) is 0 Å². The van der Waals surface area contributed by atoms with Crippen LogP contribution < -0.4 is 0 Å². The Kier molecular flexibility index (Phi) is 8.15. The van der Waals surface area contributed by atoms with Crippen molar-refractivity contribution >= 4 is 11.9 Å². The molecule has 0 saturated carbocycles. The molecule has 8 heteroatoms. The zero-order valence-corrected chi connectivity index (χ0v) is 19.2. The van der Waals surface area contributed by atoms with Crippen LogP contribution >= 0.6 is 0 Å². The monoisotopic (exact) mass is 455 g/mol. The van der Waals surface area contributed by atoms with Crippen molar-refractivity contribution in [1.82, 2.24) is 14.7 Å². The predicted octanol–water partition coefficient (Wildman–Crippen LogP) is 3.97. The molecule has 0 spiro atoms. The summed E-state index contributed by atoms with van der Waals surface area (Å²) in [6.45, 7) is 3.80. The van der Waals surface area contributed by atoms with Gasteiger partial charge >= 0.3 is 5.97 Å². The van der Waals surface area contributed by atoms with Gasteiger partial charge in [-0.25, -0.2) is 9.48 Å². The number of rotatable bonds is 9. The Morgan fingerprint density at radius 2 is 1.71 bits per heavy atom. The highest BCUT2D eigenvalue weighted by atomic mass is 16.5. The van der Waals surface area contributed by atoms with E-state index in [4.69, 9.17) is 15.3 Å². The molecule has 3 aromatic rings. The van der Waals surface area contributed by atoms with Crippen molar-refractivity contribution in [2.24, 2.45) is 0 Å². The number of nitriles is 2. The zero-order valence-electron chi connectivity index (χ0n) is 19.2. The molecule has 34 heavy (non-hydrogen) atoms. The van der Waals surface area contributed by atoms with Gasteiger partial charge in [0.1, 0.15) is 11.3 Å². The second kappa shape index (κ2) is 11.4. The molecule has 0 aliphatic carbocycles. The van der Waals surface area contributed by atoms with Crippen LogP contribution in [-0.4, -0.2) is 46.3 Å². The van der Waals surface area contributed by atoms with Gasteiger partial charge in [-0.1, -0.05) is 42.0 Å². The molecule has 1 aromatic heterocycles. The molecule has 2 aromatic carbocycles. The van der Waals surface area contributed by atoms with E-state index in [1.165, 1.54) is 4.90 Å². The lowest BCUT2D eigenvalue weighted by Crippen LogP contribution is -2.36. The number of hydrogen-bond donors (Lipinski definition) is 0. The number of ether oxygens (including phenoxy) is 1. The molecule has 0 bridgehead atoms. The van der Waals surface area contributed by atoms with Crippen molar-refractivity contribution in [3.8, 4) is 29.1 Å². The van der Waals surface area contributed by atoms with Gasteiger partial charge < -0.3 is 9.64 Å². The number of amides is 1. The van der Waals surface area contributed by atoms with Gasteiger partial charge in [-0.15, -0.1) is 0 Å². The smallest absolute Gasteiger partial charge is 0.342 e. The number of para-hydroxylation sites is 1. The summed E-state index contributed by atoms with van der Waals surface area (Å²) in [5, 5.41) is 22.3.